The van der Waals surface area contributed by atoms with Crippen molar-refractivity contribution in [2.24, 2.45) is 0 Å². The Hall–Kier alpha value is -3.11. The van der Waals surface area contributed by atoms with Crippen molar-refractivity contribution >= 4 is 34.9 Å². The number of aromatic nitrogens is 2. The molecule has 11 heteroatoms. The van der Waals surface area contributed by atoms with Crippen molar-refractivity contribution in [3.05, 3.63) is 57.8 Å². The van der Waals surface area contributed by atoms with Gasteiger partial charge in [0.05, 0.1) is 17.3 Å². The third-order valence-corrected chi connectivity index (χ3v) is 5.37. The second-order valence-electron chi connectivity index (χ2n) is 6.70. The number of benzene rings is 1. The molecule has 0 spiro atoms. The molecule has 3 aromatic rings. The van der Waals surface area contributed by atoms with E-state index < -0.39 is 29.6 Å². The molecule has 0 aliphatic rings. The number of thiazole rings is 1. The first-order valence-electron chi connectivity index (χ1n) is 9.06. The Labute approximate surface area is 185 Å². The van der Waals surface area contributed by atoms with E-state index in [4.69, 9.17) is 11.6 Å². The summed E-state index contributed by atoms with van der Waals surface area (Å²) in [6.45, 7) is 4.55. The number of aryl methyl sites for hydroxylation is 1. The minimum Gasteiger partial charge on any atom is -0.329 e. The van der Waals surface area contributed by atoms with E-state index in [0.29, 0.717) is 16.1 Å². The number of hydrogen-bond donors (Lipinski definition) is 3. The molecule has 2 aromatic heterocycles. The zero-order valence-corrected chi connectivity index (χ0v) is 18.3. The number of pyridine rings is 1. The maximum atomic E-state index is 14.8. The van der Waals surface area contributed by atoms with Crippen LogP contribution in [-0.4, -0.2) is 21.9 Å². The van der Waals surface area contributed by atoms with E-state index in [9.17, 15) is 18.4 Å². The second kappa shape index (κ2) is 9.36. The highest BCUT2D eigenvalue weighted by Crippen LogP contribution is 2.38. The normalized spacial score (nSPS) is 11.7. The van der Waals surface area contributed by atoms with Gasteiger partial charge in [0, 0.05) is 34.8 Å². The molecular weight excluding hydrogens is 448 g/mol. The van der Waals surface area contributed by atoms with E-state index >= 15 is 0 Å². The molecule has 7 nitrogen and oxygen atoms in total. The summed E-state index contributed by atoms with van der Waals surface area (Å²) in [4.78, 5) is 31.0. The number of nitrogens with zero attached hydrogens (tertiary/aromatic N) is 2. The maximum Gasteiger partial charge on any atom is 0.334 e. The highest BCUT2D eigenvalue weighted by Gasteiger charge is 2.20. The highest BCUT2D eigenvalue weighted by atomic mass is 35.5. The van der Waals surface area contributed by atoms with Crippen molar-refractivity contribution in [2.45, 2.75) is 26.8 Å². The third kappa shape index (κ3) is 5.33. The topological polar surface area (TPSA) is 96.0 Å². The van der Waals surface area contributed by atoms with Gasteiger partial charge in [-0.25, -0.2) is 24.0 Å². The van der Waals surface area contributed by atoms with E-state index in [1.54, 1.807) is 12.3 Å². The predicted molar refractivity (Wildman–Crippen MR) is 114 cm³/mol. The van der Waals surface area contributed by atoms with Crippen molar-refractivity contribution in [1.82, 2.24) is 26.1 Å². The number of halogens is 3. The number of rotatable bonds is 4. The predicted octanol–water partition coefficient (Wildman–Crippen LogP) is 4.52. The number of carbonyl (C=O) groups is 2. The van der Waals surface area contributed by atoms with E-state index in [0.717, 1.165) is 5.69 Å². The van der Waals surface area contributed by atoms with Crippen LogP contribution < -0.4 is 16.2 Å². The third-order valence-electron chi connectivity index (χ3n) is 4.18. The Kier molecular flexibility index (Phi) is 6.81. The first-order chi connectivity index (χ1) is 14.7. The molecule has 0 fully saturated rings. The summed E-state index contributed by atoms with van der Waals surface area (Å²) in [5, 5.41) is 4.83. The van der Waals surface area contributed by atoms with Crippen LogP contribution in [0.15, 0.2) is 29.8 Å². The lowest BCUT2D eigenvalue weighted by atomic mass is 10.00. The van der Waals surface area contributed by atoms with Gasteiger partial charge in [0.2, 0.25) is 5.91 Å². The summed E-state index contributed by atoms with van der Waals surface area (Å²) < 4.78 is 29.6. The molecule has 3 N–H and O–H groups in total. The zero-order chi connectivity index (χ0) is 22.7. The van der Waals surface area contributed by atoms with Gasteiger partial charge in [0.15, 0.2) is 0 Å². The lowest BCUT2D eigenvalue weighted by molar-refractivity contribution is -0.119. The fraction of sp³-hybridized carbons (Fsp3) is 0.200. The second-order valence-corrected chi connectivity index (χ2v) is 7.99. The summed E-state index contributed by atoms with van der Waals surface area (Å²) in [6, 6.07) is 2.36. The maximum absolute atomic E-state index is 14.8. The van der Waals surface area contributed by atoms with Gasteiger partial charge in [0.25, 0.3) is 0 Å². The van der Waals surface area contributed by atoms with E-state index in [1.807, 2.05) is 0 Å². The van der Waals surface area contributed by atoms with Crippen LogP contribution in [0.25, 0.3) is 21.7 Å². The van der Waals surface area contributed by atoms with Gasteiger partial charge in [0.1, 0.15) is 16.6 Å². The number of hydrogen-bond acceptors (Lipinski definition) is 5. The van der Waals surface area contributed by atoms with Crippen LogP contribution in [0.1, 0.15) is 31.3 Å². The zero-order valence-electron chi connectivity index (χ0n) is 16.7. The molecule has 1 aromatic carbocycles. The molecule has 0 aliphatic carbocycles. The van der Waals surface area contributed by atoms with Crippen LogP contribution in [0.4, 0.5) is 13.6 Å². The van der Waals surface area contributed by atoms with E-state index in [2.05, 4.69) is 26.1 Å². The molecule has 1 atom stereocenters. The van der Waals surface area contributed by atoms with Crippen LogP contribution in [0, 0.1) is 18.6 Å². The van der Waals surface area contributed by atoms with Crippen molar-refractivity contribution in [3.8, 4) is 21.7 Å². The molecule has 1 unspecified atom stereocenters. The lowest BCUT2D eigenvalue weighted by Crippen LogP contribution is -2.46. The Morgan fingerprint density at radius 2 is 1.90 bits per heavy atom. The van der Waals surface area contributed by atoms with Crippen molar-refractivity contribution in [2.75, 3.05) is 0 Å². The average molecular weight is 466 g/mol. The van der Waals surface area contributed by atoms with Gasteiger partial charge in [-0.1, -0.05) is 11.6 Å². The molecule has 0 saturated carbocycles. The highest BCUT2D eigenvalue weighted by molar-refractivity contribution is 7.13. The van der Waals surface area contributed by atoms with Crippen molar-refractivity contribution in [1.29, 1.82) is 0 Å². The van der Waals surface area contributed by atoms with Gasteiger partial charge in [-0.2, -0.15) is 0 Å². The lowest BCUT2D eigenvalue weighted by Gasteiger charge is -2.16. The minimum absolute atomic E-state index is 0.0316. The van der Waals surface area contributed by atoms with E-state index in [-0.39, 0.29) is 16.3 Å². The Balaban J connectivity index is 1.93. The van der Waals surface area contributed by atoms with E-state index in [1.165, 1.54) is 49.6 Å². The molecule has 0 bridgehead atoms. The summed E-state index contributed by atoms with van der Waals surface area (Å²) >= 11 is 7.30. The largest absolute Gasteiger partial charge is 0.334 e. The quantitative estimate of drug-likeness (QED) is 0.493. The number of carbonyl (C=O) groups excluding carboxylic acids is 2. The summed E-state index contributed by atoms with van der Waals surface area (Å²) in [5.41, 5.74) is 5.79. The summed E-state index contributed by atoms with van der Waals surface area (Å²) in [5.74, 6) is -1.74. The summed E-state index contributed by atoms with van der Waals surface area (Å²) in [6.07, 6.45) is 1.37. The van der Waals surface area contributed by atoms with Crippen LogP contribution in [0.2, 0.25) is 5.02 Å². The number of amides is 3. The number of hydrazine groups is 1. The van der Waals surface area contributed by atoms with Crippen LogP contribution in [0.3, 0.4) is 0 Å². The average Bonchev–Trinajstić information content (AvgIpc) is 3.11. The molecule has 2 heterocycles. The smallest absolute Gasteiger partial charge is 0.329 e. The molecular formula is C20H18ClF2N5O2S. The van der Waals surface area contributed by atoms with Crippen LogP contribution in [0.5, 0.6) is 0 Å². The first kappa shape index (κ1) is 22.6. The fourth-order valence-corrected chi connectivity index (χ4v) is 3.91. The van der Waals surface area contributed by atoms with Gasteiger partial charge in [-0.05, 0) is 37.6 Å². The van der Waals surface area contributed by atoms with Gasteiger partial charge < -0.3 is 5.32 Å². The molecule has 0 radical (unpaired) electrons. The SMILES string of the molecule is CC(=O)NNC(=O)NC(C)c1ncc(-c2cc(Cl)cc(F)c2-c2nc(C)cs2)cc1F. The fourth-order valence-electron chi connectivity index (χ4n) is 2.85. The first-order valence-corrected chi connectivity index (χ1v) is 10.3. The van der Waals surface area contributed by atoms with Crippen LogP contribution in [-0.2, 0) is 4.79 Å². The van der Waals surface area contributed by atoms with Gasteiger partial charge in [-0.3, -0.25) is 15.2 Å². The van der Waals surface area contributed by atoms with Crippen molar-refractivity contribution in [3.63, 3.8) is 0 Å². The summed E-state index contributed by atoms with van der Waals surface area (Å²) in [7, 11) is 0. The monoisotopic (exact) mass is 465 g/mol. The molecule has 0 saturated heterocycles. The molecule has 162 valence electrons. The Bertz CT molecular complexity index is 1150. The Morgan fingerprint density at radius 1 is 1.16 bits per heavy atom. The van der Waals surface area contributed by atoms with Gasteiger partial charge in [-0.15, -0.1) is 11.3 Å². The standard InChI is InChI=1S/C20H18ClF2N5O2S/c1-9-8-31-19(25-9)17-14(5-13(21)6-15(17)22)12-4-16(23)18(24-7-12)10(2)26-20(30)28-27-11(3)29/h4-8,10H,1-3H3,(H,27,29)(H2,26,28,30). The molecule has 0 aliphatic heterocycles. The Morgan fingerprint density at radius 3 is 2.52 bits per heavy atom. The van der Waals surface area contributed by atoms with Crippen molar-refractivity contribution < 1.29 is 18.4 Å². The number of urea groups is 1. The number of nitrogens with one attached hydrogen (secondary N) is 3. The van der Waals surface area contributed by atoms with Gasteiger partial charge >= 0.3 is 6.03 Å². The molecule has 3 rings (SSSR count). The van der Waals surface area contributed by atoms with Crippen LogP contribution >= 0.6 is 22.9 Å². The minimum atomic E-state index is -0.806. The molecule has 31 heavy (non-hydrogen) atoms. The molecule has 3 amide bonds.